The molecule has 0 aliphatic carbocycles. The average Bonchev–Trinajstić information content (AvgIpc) is 2.46. The lowest BCUT2D eigenvalue weighted by molar-refractivity contribution is -0.137. The minimum atomic E-state index is -1.69. The molecule has 1 aromatic carbocycles. The second-order valence-corrected chi connectivity index (χ2v) is 4.24. The Hall–Kier alpha value is -2.09. The van der Waals surface area contributed by atoms with Crippen molar-refractivity contribution in [3.8, 4) is 0 Å². The second kappa shape index (κ2) is 7.63. The number of hydrogen-bond acceptors (Lipinski definition) is 3. The van der Waals surface area contributed by atoms with Crippen LogP contribution in [-0.4, -0.2) is 41.5 Å². The van der Waals surface area contributed by atoms with Gasteiger partial charge >= 0.3 is 0 Å². The molecule has 8 heteroatoms. The van der Waals surface area contributed by atoms with Gasteiger partial charge in [-0.25, -0.2) is 13.2 Å². The van der Waals surface area contributed by atoms with Gasteiger partial charge in [0, 0.05) is 6.54 Å². The van der Waals surface area contributed by atoms with Gasteiger partial charge in [0.25, 0.3) is 0 Å². The average molecular weight is 304 g/mol. The number of aliphatic hydroxyl groups excluding tert-OH is 1. The molecule has 0 saturated carbocycles. The molecule has 1 rings (SSSR count). The zero-order chi connectivity index (χ0) is 16.0. The molecule has 0 heterocycles. The summed E-state index contributed by atoms with van der Waals surface area (Å²) in [6, 6.07) is 1.56. The van der Waals surface area contributed by atoms with Crippen molar-refractivity contribution in [2.45, 2.75) is 13.3 Å². The van der Waals surface area contributed by atoms with E-state index in [1.807, 2.05) is 5.32 Å². The molecule has 0 unspecified atom stereocenters. The highest BCUT2D eigenvalue weighted by atomic mass is 19.2. The Morgan fingerprint density at radius 2 is 1.90 bits per heavy atom. The molecule has 1 aromatic rings. The van der Waals surface area contributed by atoms with Crippen LogP contribution in [0.15, 0.2) is 12.1 Å². The summed E-state index contributed by atoms with van der Waals surface area (Å²) in [7, 11) is 0. The molecule has 0 bridgehead atoms. The quantitative estimate of drug-likeness (QED) is 0.778. The minimum Gasteiger partial charge on any atom is -0.387 e. The van der Waals surface area contributed by atoms with E-state index in [4.69, 9.17) is 5.11 Å². The summed E-state index contributed by atoms with van der Waals surface area (Å²) in [5.74, 6) is -6.01. The van der Waals surface area contributed by atoms with Crippen LogP contribution in [0.5, 0.6) is 0 Å². The van der Waals surface area contributed by atoms with E-state index in [1.165, 1.54) is 0 Å². The number of amides is 2. The van der Waals surface area contributed by atoms with E-state index < -0.39 is 48.1 Å². The first-order valence-corrected chi connectivity index (χ1v) is 6.22. The Labute approximate surface area is 119 Å². The van der Waals surface area contributed by atoms with Crippen molar-refractivity contribution >= 4 is 17.5 Å². The number of halogens is 3. The first-order chi connectivity index (χ1) is 9.90. The van der Waals surface area contributed by atoms with Gasteiger partial charge in [0.05, 0.1) is 12.2 Å². The lowest BCUT2D eigenvalue weighted by Crippen LogP contribution is -2.40. The third kappa shape index (κ3) is 4.45. The molecule has 0 saturated heterocycles. The number of hydrogen-bond donors (Lipinski definition) is 2. The topological polar surface area (TPSA) is 69.6 Å². The van der Waals surface area contributed by atoms with Crippen LogP contribution in [0.2, 0.25) is 0 Å². The van der Waals surface area contributed by atoms with E-state index in [0.717, 1.165) is 11.0 Å². The molecule has 0 radical (unpaired) electrons. The molecule has 0 aliphatic heterocycles. The predicted molar refractivity (Wildman–Crippen MR) is 68.9 cm³/mol. The number of anilines is 1. The van der Waals surface area contributed by atoms with Crippen LogP contribution in [-0.2, 0) is 9.59 Å². The van der Waals surface area contributed by atoms with Gasteiger partial charge in [0.1, 0.15) is 6.61 Å². The largest absolute Gasteiger partial charge is 0.387 e. The Kier molecular flexibility index (Phi) is 6.16. The Morgan fingerprint density at radius 1 is 1.24 bits per heavy atom. The Morgan fingerprint density at radius 3 is 2.48 bits per heavy atom. The smallest absolute Gasteiger partial charge is 0.248 e. The van der Waals surface area contributed by atoms with Crippen LogP contribution in [0.1, 0.15) is 13.3 Å². The monoisotopic (exact) mass is 304 g/mol. The van der Waals surface area contributed by atoms with Crippen molar-refractivity contribution in [3.63, 3.8) is 0 Å². The van der Waals surface area contributed by atoms with E-state index >= 15 is 0 Å². The molecular formula is C13H15F3N2O3. The van der Waals surface area contributed by atoms with Crippen LogP contribution < -0.4 is 5.32 Å². The van der Waals surface area contributed by atoms with Gasteiger partial charge in [-0.2, -0.15) is 0 Å². The first kappa shape index (κ1) is 17.0. The molecule has 0 spiro atoms. The van der Waals surface area contributed by atoms with E-state index in [0.29, 0.717) is 12.5 Å². The van der Waals surface area contributed by atoms with Gasteiger partial charge in [-0.3, -0.25) is 9.59 Å². The zero-order valence-corrected chi connectivity index (χ0v) is 11.3. The van der Waals surface area contributed by atoms with Gasteiger partial charge < -0.3 is 15.3 Å². The minimum absolute atomic E-state index is 0.229. The van der Waals surface area contributed by atoms with Crippen molar-refractivity contribution in [3.05, 3.63) is 29.6 Å². The van der Waals surface area contributed by atoms with Gasteiger partial charge in [-0.05, 0) is 18.6 Å². The predicted octanol–water partition coefficient (Wildman–Crippen LogP) is 1.27. The maximum Gasteiger partial charge on any atom is 0.248 e. The molecular weight excluding hydrogens is 289 g/mol. The number of nitrogens with zero attached hydrogens (tertiary/aromatic N) is 1. The van der Waals surface area contributed by atoms with Gasteiger partial charge in [-0.15, -0.1) is 0 Å². The molecule has 0 atom stereocenters. The van der Waals surface area contributed by atoms with Gasteiger partial charge in [-0.1, -0.05) is 6.92 Å². The van der Waals surface area contributed by atoms with E-state index in [-0.39, 0.29) is 6.54 Å². The van der Waals surface area contributed by atoms with Crippen LogP contribution in [0.3, 0.4) is 0 Å². The highest BCUT2D eigenvalue weighted by Crippen LogP contribution is 2.19. The fourth-order valence-electron chi connectivity index (χ4n) is 1.65. The fourth-order valence-corrected chi connectivity index (χ4v) is 1.65. The molecule has 0 fully saturated rings. The Bertz CT molecular complexity index is 538. The zero-order valence-electron chi connectivity index (χ0n) is 11.3. The van der Waals surface area contributed by atoms with Crippen molar-refractivity contribution in [2.75, 3.05) is 25.0 Å². The van der Waals surface area contributed by atoms with Crippen molar-refractivity contribution in [1.29, 1.82) is 0 Å². The SMILES string of the molecule is CCCN(CC(=O)Nc1ccc(F)c(F)c1F)C(=O)CO. The number of benzene rings is 1. The van der Waals surface area contributed by atoms with Crippen molar-refractivity contribution in [1.82, 2.24) is 4.90 Å². The van der Waals surface area contributed by atoms with E-state index in [2.05, 4.69) is 0 Å². The third-order valence-electron chi connectivity index (χ3n) is 2.63. The number of carbonyl (C=O) groups excluding carboxylic acids is 2. The van der Waals surface area contributed by atoms with Crippen LogP contribution in [0.4, 0.5) is 18.9 Å². The molecule has 2 N–H and O–H groups in total. The second-order valence-electron chi connectivity index (χ2n) is 4.24. The highest BCUT2D eigenvalue weighted by molar-refractivity contribution is 5.94. The molecule has 116 valence electrons. The summed E-state index contributed by atoms with van der Waals surface area (Å²) in [4.78, 5) is 24.1. The molecule has 5 nitrogen and oxygen atoms in total. The number of carbonyl (C=O) groups is 2. The van der Waals surface area contributed by atoms with Gasteiger partial charge in [0.2, 0.25) is 11.8 Å². The number of nitrogens with one attached hydrogen (secondary N) is 1. The normalized spacial score (nSPS) is 10.3. The third-order valence-corrected chi connectivity index (χ3v) is 2.63. The highest BCUT2D eigenvalue weighted by Gasteiger charge is 2.18. The lowest BCUT2D eigenvalue weighted by Gasteiger charge is -2.20. The summed E-state index contributed by atoms with van der Waals surface area (Å²) < 4.78 is 39.1. The summed E-state index contributed by atoms with van der Waals surface area (Å²) >= 11 is 0. The van der Waals surface area contributed by atoms with Crippen LogP contribution >= 0.6 is 0 Å². The van der Waals surface area contributed by atoms with Crippen molar-refractivity contribution in [2.24, 2.45) is 0 Å². The summed E-state index contributed by atoms with van der Waals surface area (Å²) in [6.07, 6.45) is 0.554. The lowest BCUT2D eigenvalue weighted by atomic mass is 10.2. The summed E-state index contributed by atoms with van der Waals surface area (Å²) in [5.41, 5.74) is -0.521. The standard InChI is InChI=1S/C13H15F3N2O3/c1-2-5-18(11(21)7-19)6-10(20)17-9-4-3-8(14)12(15)13(9)16/h3-4,19H,2,5-7H2,1H3,(H,17,20). The van der Waals surface area contributed by atoms with Crippen LogP contribution in [0, 0.1) is 17.5 Å². The van der Waals surface area contributed by atoms with Gasteiger partial charge in [0.15, 0.2) is 17.5 Å². The fraction of sp³-hybridized carbons (Fsp3) is 0.385. The maximum absolute atomic E-state index is 13.4. The number of rotatable bonds is 6. The molecule has 0 aromatic heterocycles. The summed E-state index contributed by atoms with van der Waals surface area (Å²) in [5, 5.41) is 10.8. The van der Waals surface area contributed by atoms with Crippen LogP contribution in [0.25, 0.3) is 0 Å². The molecule has 0 aliphatic rings. The molecule has 21 heavy (non-hydrogen) atoms. The Balaban J connectivity index is 2.77. The first-order valence-electron chi connectivity index (χ1n) is 6.22. The molecule has 2 amide bonds. The van der Waals surface area contributed by atoms with E-state index in [9.17, 15) is 22.8 Å². The van der Waals surface area contributed by atoms with E-state index in [1.54, 1.807) is 6.92 Å². The number of aliphatic hydroxyl groups is 1. The summed E-state index contributed by atoms with van der Waals surface area (Å²) in [6.45, 7) is 0.816. The van der Waals surface area contributed by atoms with Crippen molar-refractivity contribution < 1.29 is 27.9 Å². The maximum atomic E-state index is 13.4.